The van der Waals surface area contributed by atoms with Crippen molar-refractivity contribution in [3.05, 3.63) is 51.9 Å². The van der Waals surface area contributed by atoms with Gasteiger partial charge in [-0.3, -0.25) is 14.6 Å². The van der Waals surface area contributed by atoms with Gasteiger partial charge in [0.15, 0.2) is 0 Å². The van der Waals surface area contributed by atoms with Crippen LogP contribution < -0.4 is 5.56 Å². The van der Waals surface area contributed by atoms with Crippen LogP contribution in [0.15, 0.2) is 35.1 Å². The molecule has 7 nitrogen and oxygen atoms in total. The van der Waals surface area contributed by atoms with Crippen LogP contribution in [-0.4, -0.2) is 52.1 Å². The molecule has 0 fully saturated rings. The van der Waals surface area contributed by atoms with Crippen LogP contribution in [0.1, 0.15) is 11.3 Å². The molecule has 7 heteroatoms. The molecule has 1 atom stereocenters. The highest BCUT2D eigenvalue weighted by Gasteiger charge is 2.39. The number of aryl methyl sites for hydroxylation is 1. The van der Waals surface area contributed by atoms with Crippen molar-refractivity contribution in [2.75, 3.05) is 27.2 Å². The van der Waals surface area contributed by atoms with Gasteiger partial charge in [0.25, 0.3) is 0 Å². The van der Waals surface area contributed by atoms with E-state index in [1.54, 1.807) is 30.3 Å². The SMILES string of the molecule is CN(C)CCOC(O)(c1ccccc1)c1c(O)c(=O)[nH]n1C. The van der Waals surface area contributed by atoms with Gasteiger partial charge in [-0.05, 0) is 14.1 Å². The fraction of sp³-hybridized carbons (Fsp3) is 0.400. The van der Waals surface area contributed by atoms with E-state index in [1.165, 1.54) is 11.7 Å². The second-order valence-electron chi connectivity index (χ2n) is 5.36. The lowest BCUT2D eigenvalue weighted by atomic mass is 10.0. The molecule has 2 rings (SSSR count). The van der Waals surface area contributed by atoms with Gasteiger partial charge >= 0.3 is 5.56 Å². The molecule has 1 aromatic heterocycles. The molecule has 0 aliphatic carbocycles. The molecule has 22 heavy (non-hydrogen) atoms. The van der Waals surface area contributed by atoms with E-state index in [4.69, 9.17) is 4.74 Å². The summed E-state index contributed by atoms with van der Waals surface area (Å²) in [4.78, 5) is 13.5. The van der Waals surface area contributed by atoms with Crippen molar-refractivity contribution in [3.63, 3.8) is 0 Å². The summed E-state index contributed by atoms with van der Waals surface area (Å²) in [5, 5.41) is 23.5. The molecule has 0 radical (unpaired) electrons. The Morgan fingerprint density at radius 1 is 1.32 bits per heavy atom. The first-order valence-electron chi connectivity index (χ1n) is 6.91. The number of ether oxygens (including phenoxy) is 1. The fourth-order valence-corrected chi connectivity index (χ4v) is 2.24. The summed E-state index contributed by atoms with van der Waals surface area (Å²) in [5.74, 6) is -2.48. The first-order chi connectivity index (χ1) is 10.4. The van der Waals surface area contributed by atoms with Crippen LogP contribution >= 0.6 is 0 Å². The van der Waals surface area contributed by atoms with Gasteiger partial charge in [-0.15, -0.1) is 0 Å². The van der Waals surface area contributed by atoms with Gasteiger partial charge < -0.3 is 19.8 Å². The summed E-state index contributed by atoms with van der Waals surface area (Å²) in [6, 6.07) is 8.65. The summed E-state index contributed by atoms with van der Waals surface area (Å²) >= 11 is 0. The Morgan fingerprint density at radius 2 is 1.95 bits per heavy atom. The van der Waals surface area contributed by atoms with Gasteiger partial charge in [0.1, 0.15) is 5.69 Å². The maximum atomic E-state index is 11.6. The topological polar surface area (TPSA) is 90.7 Å². The summed E-state index contributed by atoms with van der Waals surface area (Å²) in [6.45, 7) is 0.797. The standard InChI is InChI=1S/C15H21N3O4/c1-17(2)9-10-22-15(21,11-7-5-4-6-8-11)13-12(19)14(20)16-18(13)3/h4-8,19,21H,9-10H2,1-3H3,(H,16,20). The number of aromatic nitrogens is 2. The van der Waals surface area contributed by atoms with Gasteiger partial charge in [-0.1, -0.05) is 30.3 Å². The summed E-state index contributed by atoms with van der Waals surface area (Å²) in [5.41, 5.74) is -0.274. The van der Waals surface area contributed by atoms with Crippen LogP contribution in [-0.2, 0) is 17.6 Å². The number of aromatic amines is 1. The van der Waals surface area contributed by atoms with E-state index in [0.29, 0.717) is 12.1 Å². The Labute approximate surface area is 128 Å². The predicted molar refractivity (Wildman–Crippen MR) is 81.6 cm³/mol. The second-order valence-corrected chi connectivity index (χ2v) is 5.36. The van der Waals surface area contributed by atoms with Crippen molar-refractivity contribution >= 4 is 0 Å². The molecule has 0 amide bonds. The normalized spacial score (nSPS) is 14.2. The number of aliphatic hydroxyl groups is 1. The van der Waals surface area contributed by atoms with Crippen molar-refractivity contribution in [1.82, 2.24) is 14.7 Å². The third-order valence-corrected chi connectivity index (χ3v) is 3.38. The van der Waals surface area contributed by atoms with Crippen LogP contribution in [0.25, 0.3) is 0 Å². The van der Waals surface area contributed by atoms with Gasteiger partial charge in [0.05, 0.1) is 6.61 Å². The maximum Gasteiger partial charge on any atom is 0.306 e. The minimum absolute atomic E-state index is 0.0255. The number of likely N-dealkylation sites (N-methyl/N-ethyl adjacent to an activating group) is 1. The molecule has 0 spiro atoms. The molecule has 0 saturated carbocycles. The molecule has 0 bridgehead atoms. The zero-order valence-electron chi connectivity index (χ0n) is 12.9. The summed E-state index contributed by atoms with van der Waals surface area (Å²) in [6.07, 6.45) is 0. The van der Waals surface area contributed by atoms with E-state index in [0.717, 1.165) is 0 Å². The molecule has 1 aromatic carbocycles. The van der Waals surface area contributed by atoms with Crippen LogP contribution in [0.3, 0.4) is 0 Å². The van der Waals surface area contributed by atoms with Crippen LogP contribution in [0.5, 0.6) is 5.75 Å². The van der Waals surface area contributed by atoms with Crippen LogP contribution in [0, 0.1) is 0 Å². The highest BCUT2D eigenvalue weighted by molar-refractivity contribution is 5.36. The smallest absolute Gasteiger partial charge is 0.306 e. The van der Waals surface area contributed by atoms with Gasteiger partial charge in [-0.25, -0.2) is 0 Å². The van der Waals surface area contributed by atoms with E-state index in [-0.39, 0.29) is 12.3 Å². The number of benzene rings is 1. The molecule has 0 aliphatic heterocycles. The molecular formula is C15H21N3O4. The van der Waals surface area contributed by atoms with E-state index >= 15 is 0 Å². The Kier molecular flexibility index (Phi) is 4.70. The zero-order chi connectivity index (χ0) is 16.3. The number of nitrogens with one attached hydrogen (secondary N) is 1. The third-order valence-electron chi connectivity index (χ3n) is 3.38. The highest BCUT2D eigenvalue weighted by atomic mass is 16.6. The average molecular weight is 307 g/mol. The molecule has 0 aliphatic rings. The van der Waals surface area contributed by atoms with Crippen molar-refractivity contribution in [2.45, 2.75) is 5.79 Å². The number of H-pyrrole nitrogens is 1. The minimum atomic E-state index is -1.92. The summed E-state index contributed by atoms with van der Waals surface area (Å²) < 4.78 is 6.93. The Balaban J connectivity index is 2.48. The first-order valence-corrected chi connectivity index (χ1v) is 6.91. The van der Waals surface area contributed by atoms with E-state index in [1.807, 2.05) is 19.0 Å². The fourth-order valence-electron chi connectivity index (χ4n) is 2.24. The van der Waals surface area contributed by atoms with Crippen molar-refractivity contribution in [2.24, 2.45) is 7.05 Å². The van der Waals surface area contributed by atoms with E-state index in [2.05, 4.69) is 5.10 Å². The molecule has 1 heterocycles. The highest BCUT2D eigenvalue weighted by Crippen LogP contribution is 2.34. The van der Waals surface area contributed by atoms with Crippen molar-refractivity contribution in [3.8, 4) is 5.75 Å². The van der Waals surface area contributed by atoms with Gasteiger partial charge in [0, 0.05) is 19.2 Å². The lowest BCUT2D eigenvalue weighted by molar-refractivity contribution is -0.187. The number of hydrogen-bond donors (Lipinski definition) is 3. The number of rotatable bonds is 6. The lowest BCUT2D eigenvalue weighted by Gasteiger charge is -2.29. The Bertz CT molecular complexity index is 678. The largest absolute Gasteiger partial charge is 0.502 e. The van der Waals surface area contributed by atoms with Crippen LogP contribution in [0.2, 0.25) is 0 Å². The predicted octanol–water partition coefficient (Wildman–Crippen LogP) is 0.191. The Morgan fingerprint density at radius 3 is 2.45 bits per heavy atom. The van der Waals surface area contributed by atoms with Crippen LogP contribution in [0.4, 0.5) is 0 Å². The molecule has 0 saturated heterocycles. The van der Waals surface area contributed by atoms with E-state index < -0.39 is 17.1 Å². The lowest BCUT2D eigenvalue weighted by Crippen LogP contribution is -2.35. The third kappa shape index (κ3) is 3.06. The van der Waals surface area contributed by atoms with Gasteiger partial charge in [0.2, 0.25) is 11.5 Å². The summed E-state index contributed by atoms with van der Waals surface area (Å²) in [7, 11) is 5.29. The molecule has 120 valence electrons. The zero-order valence-corrected chi connectivity index (χ0v) is 12.9. The molecule has 1 unspecified atom stereocenters. The minimum Gasteiger partial charge on any atom is -0.502 e. The van der Waals surface area contributed by atoms with Crippen molar-refractivity contribution < 1.29 is 14.9 Å². The first kappa shape index (κ1) is 16.3. The molecular weight excluding hydrogens is 286 g/mol. The number of hydrogen-bond acceptors (Lipinski definition) is 5. The molecule has 2 aromatic rings. The second kappa shape index (κ2) is 6.35. The average Bonchev–Trinajstić information content (AvgIpc) is 2.73. The number of nitrogens with zero attached hydrogens (tertiary/aromatic N) is 2. The quantitative estimate of drug-likeness (QED) is 0.663. The Hall–Kier alpha value is -2.09. The monoisotopic (exact) mass is 307 g/mol. The van der Waals surface area contributed by atoms with E-state index in [9.17, 15) is 15.0 Å². The molecule has 3 N–H and O–H groups in total. The maximum absolute atomic E-state index is 11.6. The van der Waals surface area contributed by atoms with Crippen molar-refractivity contribution in [1.29, 1.82) is 0 Å². The van der Waals surface area contributed by atoms with Gasteiger partial charge in [-0.2, -0.15) is 0 Å². The number of aromatic hydroxyl groups is 1.